The summed E-state index contributed by atoms with van der Waals surface area (Å²) in [7, 11) is 0. The molecule has 5 heteroatoms. The first-order chi connectivity index (χ1) is 8.70. The van der Waals surface area contributed by atoms with Crippen molar-refractivity contribution in [1.29, 1.82) is 0 Å². The van der Waals surface area contributed by atoms with Gasteiger partial charge in [0.25, 0.3) is 5.91 Å². The van der Waals surface area contributed by atoms with E-state index in [0.29, 0.717) is 6.54 Å². The van der Waals surface area contributed by atoms with Gasteiger partial charge in [-0.1, -0.05) is 13.3 Å². The van der Waals surface area contributed by atoms with Crippen LogP contribution >= 0.6 is 27.3 Å². The standard InChI is InChI=1S/C13H18BrNO2S/c1-2-4-11-10(14)7-12(18-11)13(16)15-8-9-5-3-6-17-9/h7,9H,2-6,8H2,1H3,(H,15,16)/t9-/m1/s1. The number of rotatable bonds is 5. The highest BCUT2D eigenvalue weighted by atomic mass is 79.9. The monoisotopic (exact) mass is 331 g/mol. The lowest BCUT2D eigenvalue weighted by atomic mass is 10.2. The minimum Gasteiger partial charge on any atom is -0.376 e. The lowest BCUT2D eigenvalue weighted by molar-refractivity contribution is 0.0861. The van der Waals surface area contributed by atoms with E-state index in [0.717, 1.165) is 41.6 Å². The van der Waals surface area contributed by atoms with Crippen LogP contribution in [-0.4, -0.2) is 25.2 Å². The zero-order valence-corrected chi connectivity index (χ0v) is 12.9. The van der Waals surface area contributed by atoms with E-state index in [4.69, 9.17) is 4.74 Å². The van der Waals surface area contributed by atoms with E-state index in [-0.39, 0.29) is 12.0 Å². The maximum atomic E-state index is 12.0. The van der Waals surface area contributed by atoms with Crippen LogP contribution in [0.25, 0.3) is 0 Å². The van der Waals surface area contributed by atoms with E-state index in [1.165, 1.54) is 4.88 Å². The van der Waals surface area contributed by atoms with Crippen molar-refractivity contribution < 1.29 is 9.53 Å². The molecule has 2 heterocycles. The van der Waals surface area contributed by atoms with Gasteiger partial charge in [-0.2, -0.15) is 0 Å². The Kier molecular flexibility index (Phi) is 5.21. The molecule has 0 spiro atoms. The Labute approximate surface area is 120 Å². The fraction of sp³-hybridized carbons (Fsp3) is 0.615. The smallest absolute Gasteiger partial charge is 0.261 e. The summed E-state index contributed by atoms with van der Waals surface area (Å²) in [6.07, 6.45) is 4.47. The molecule has 0 radical (unpaired) electrons. The predicted octanol–water partition coefficient (Wildman–Crippen LogP) is 3.37. The number of aryl methyl sites for hydroxylation is 1. The lowest BCUT2D eigenvalue weighted by Gasteiger charge is -2.09. The van der Waals surface area contributed by atoms with Crippen molar-refractivity contribution in [2.45, 2.75) is 38.7 Å². The number of hydrogen-bond acceptors (Lipinski definition) is 3. The van der Waals surface area contributed by atoms with Crippen LogP contribution in [0.1, 0.15) is 40.7 Å². The zero-order chi connectivity index (χ0) is 13.0. The van der Waals surface area contributed by atoms with Gasteiger partial charge in [-0.05, 0) is 41.3 Å². The highest BCUT2D eigenvalue weighted by Crippen LogP contribution is 2.28. The molecule has 2 rings (SSSR count). The first-order valence-electron chi connectivity index (χ1n) is 6.38. The molecule has 1 N–H and O–H groups in total. The molecule has 100 valence electrons. The minimum atomic E-state index is 0.0125. The Bertz CT molecular complexity index is 413. The summed E-state index contributed by atoms with van der Waals surface area (Å²) in [5, 5.41) is 2.95. The van der Waals surface area contributed by atoms with Gasteiger partial charge in [0.1, 0.15) is 0 Å². The van der Waals surface area contributed by atoms with Gasteiger partial charge in [-0.25, -0.2) is 0 Å². The summed E-state index contributed by atoms with van der Waals surface area (Å²) in [4.78, 5) is 14.0. The Morgan fingerprint density at radius 2 is 2.50 bits per heavy atom. The van der Waals surface area contributed by atoms with E-state index < -0.39 is 0 Å². The summed E-state index contributed by atoms with van der Waals surface area (Å²) in [6.45, 7) is 3.59. The molecule has 1 saturated heterocycles. The van der Waals surface area contributed by atoms with E-state index in [1.54, 1.807) is 11.3 Å². The van der Waals surface area contributed by atoms with Gasteiger partial charge in [0.2, 0.25) is 0 Å². The van der Waals surface area contributed by atoms with Crippen molar-refractivity contribution in [2.75, 3.05) is 13.2 Å². The third-order valence-corrected chi connectivity index (χ3v) is 5.14. The molecule has 0 saturated carbocycles. The predicted molar refractivity (Wildman–Crippen MR) is 77.3 cm³/mol. The molecule has 1 aliphatic rings. The number of ether oxygens (including phenoxy) is 1. The minimum absolute atomic E-state index is 0.0125. The fourth-order valence-corrected chi connectivity index (χ4v) is 3.91. The van der Waals surface area contributed by atoms with Gasteiger partial charge >= 0.3 is 0 Å². The summed E-state index contributed by atoms with van der Waals surface area (Å²) >= 11 is 5.08. The average Bonchev–Trinajstić information content (AvgIpc) is 2.97. The molecular formula is C13H18BrNO2S. The number of carbonyl (C=O) groups excluding carboxylic acids is 1. The maximum absolute atomic E-state index is 12.0. The summed E-state index contributed by atoms with van der Waals surface area (Å²) in [5.41, 5.74) is 0. The molecule has 1 aliphatic heterocycles. The maximum Gasteiger partial charge on any atom is 0.261 e. The van der Waals surface area contributed by atoms with Crippen molar-refractivity contribution in [1.82, 2.24) is 5.32 Å². The molecule has 3 nitrogen and oxygen atoms in total. The fourth-order valence-electron chi connectivity index (χ4n) is 2.01. The van der Waals surface area contributed by atoms with Gasteiger partial charge in [0.15, 0.2) is 0 Å². The molecule has 0 bridgehead atoms. The Balaban J connectivity index is 1.89. The topological polar surface area (TPSA) is 38.3 Å². The summed E-state index contributed by atoms with van der Waals surface area (Å²) in [6, 6.07) is 1.92. The molecule has 1 fully saturated rings. The van der Waals surface area contributed by atoms with Crippen molar-refractivity contribution >= 4 is 33.2 Å². The van der Waals surface area contributed by atoms with Crippen LogP contribution in [-0.2, 0) is 11.2 Å². The second-order valence-corrected chi connectivity index (χ2v) is 6.47. The van der Waals surface area contributed by atoms with Crippen LogP contribution in [0.2, 0.25) is 0 Å². The average molecular weight is 332 g/mol. The van der Waals surface area contributed by atoms with Gasteiger partial charge in [0, 0.05) is 22.5 Å². The summed E-state index contributed by atoms with van der Waals surface area (Å²) in [5.74, 6) is 0.0125. The molecule has 0 aliphatic carbocycles. The normalized spacial score (nSPS) is 19.1. The van der Waals surface area contributed by atoms with Crippen molar-refractivity contribution in [3.05, 3.63) is 20.3 Å². The quantitative estimate of drug-likeness (QED) is 0.898. The zero-order valence-electron chi connectivity index (χ0n) is 10.5. The number of hydrogen-bond donors (Lipinski definition) is 1. The number of amides is 1. The molecular weight excluding hydrogens is 314 g/mol. The highest BCUT2D eigenvalue weighted by Gasteiger charge is 2.18. The molecule has 1 aromatic rings. The molecule has 1 aromatic heterocycles. The van der Waals surface area contributed by atoms with Crippen LogP contribution in [0.3, 0.4) is 0 Å². The van der Waals surface area contributed by atoms with Crippen LogP contribution in [0.15, 0.2) is 10.5 Å². The first-order valence-corrected chi connectivity index (χ1v) is 7.99. The molecule has 1 atom stereocenters. The van der Waals surface area contributed by atoms with E-state index in [9.17, 15) is 4.79 Å². The lowest BCUT2D eigenvalue weighted by Crippen LogP contribution is -2.31. The van der Waals surface area contributed by atoms with Crippen LogP contribution in [0.5, 0.6) is 0 Å². The largest absolute Gasteiger partial charge is 0.376 e. The molecule has 1 amide bonds. The van der Waals surface area contributed by atoms with Crippen molar-refractivity contribution in [3.8, 4) is 0 Å². The second kappa shape index (κ2) is 6.68. The molecule has 0 unspecified atom stereocenters. The van der Waals surface area contributed by atoms with E-state index in [2.05, 4.69) is 28.2 Å². The van der Waals surface area contributed by atoms with Gasteiger partial charge < -0.3 is 10.1 Å². The Morgan fingerprint density at radius 1 is 1.67 bits per heavy atom. The number of nitrogens with one attached hydrogen (secondary N) is 1. The molecule has 18 heavy (non-hydrogen) atoms. The van der Waals surface area contributed by atoms with Crippen LogP contribution < -0.4 is 5.32 Å². The van der Waals surface area contributed by atoms with Gasteiger partial charge in [-0.15, -0.1) is 11.3 Å². The van der Waals surface area contributed by atoms with Crippen LogP contribution in [0.4, 0.5) is 0 Å². The second-order valence-electron chi connectivity index (χ2n) is 4.48. The van der Waals surface area contributed by atoms with Gasteiger partial charge in [-0.3, -0.25) is 4.79 Å². The van der Waals surface area contributed by atoms with Gasteiger partial charge in [0.05, 0.1) is 11.0 Å². The number of halogens is 1. The Hall–Kier alpha value is -0.390. The first kappa shape index (κ1) is 14.0. The molecule has 0 aromatic carbocycles. The Morgan fingerprint density at radius 3 is 3.17 bits per heavy atom. The number of carbonyl (C=O) groups is 1. The van der Waals surface area contributed by atoms with Crippen molar-refractivity contribution in [2.24, 2.45) is 0 Å². The van der Waals surface area contributed by atoms with Crippen molar-refractivity contribution in [3.63, 3.8) is 0 Å². The van der Waals surface area contributed by atoms with Crippen LogP contribution in [0, 0.1) is 0 Å². The van der Waals surface area contributed by atoms with E-state index in [1.807, 2.05) is 6.07 Å². The highest BCUT2D eigenvalue weighted by molar-refractivity contribution is 9.10. The third kappa shape index (κ3) is 3.56. The van der Waals surface area contributed by atoms with E-state index >= 15 is 0 Å². The number of thiophene rings is 1. The third-order valence-electron chi connectivity index (χ3n) is 2.97. The summed E-state index contributed by atoms with van der Waals surface area (Å²) < 4.78 is 6.54. The SMILES string of the molecule is CCCc1sc(C(=O)NC[C@H]2CCCO2)cc1Br.